The standard InChI is InChI=1S/C17H23Cl2N5O/c1-11(2)16-22-21-10-24(16)6-5-20-17(25)15(23(3)4)12-7-13(18)9-14(19)8-12/h7-11,15H,5-6H2,1-4H3,(H,20,25)/t15-/m0/s1. The summed E-state index contributed by atoms with van der Waals surface area (Å²) in [7, 11) is 3.69. The third kappa shape index (κ3) is 5.17. The van der Waals surface area contributed by atoms with E-state index in [2.05, 4.69) is 29.4 Å². The van der Waals surface area contributed by atoms with E-state index in [1.54, 1.807) is 24.5 Å². The fourth-order valence-electron chi connectivity index (χ4n) is 2.70. The highest BCUT2D eigenvalue weighted by Gasteiger charge is 2.23. The van der Waals surface area contributed by atoms with E-state index in [9.17, 15) is 4.79 Å². The number of carbonyl (C=O) groups excluding carboxylic acids is 1. The predicted molar refractivity (Wildman–Crippen MR) is 100 cm³/mol. The van der Waals surface area contributed by atoms with Gasteiger partial charge in [-0.1, -0.05) is 37.0 Å². The normalized spacial score (nSPS) is 12.6. The van der Waals surface area contributed by atoms with Crippen LogP contribution in [0.3, 0.4) is 0 Å². The number of amides is 1. The molecule has 0 fully saturated rings. The topological polar surface area (TPSA) is 63.1 Å². The molecule has 0 spiro atoms. The zero-order valence-electron chi connectivity index (χ0n) is 14.8. The first-order valence-electron chi connectivity index (χ1n) is 8.07. The van der Waals surface area contributed by atoms with Crippen molar-refractivity contribution in [1.82, 2.24) is 25.0 Å². The SMILES string of the molecule is CC(C)c1nncn1CCNC(=O)[C@H](c1cc(Cl)cc(Cl)c1)N(C)C. The molecule has 0 unspecified atom stereocenters. The third-order valence-corrected chi connectivity index (χ3v) is 4.22. The van der Waals surface area contributed by atoms with Gasteiger partial charge in [0.1, 0.15) is 18.2 Å². The summed E-state index contributed by atoms with van der Waals surface area (Å²) >= 11 is 12.1. The minimum Gasteiger partial charge on any atom is -0.353 e. The molecule has 1 aromatic carbocycles. The maximum atomic E-state index is 12.7. The molecule has 2 aromatic rings. The summed E-state index contributed by atoms with van der Waals surface area (Å²) in [5.41, 5.74) is 0.757. The Morgan fingerprint density at radius 2 is 1.88 bits per heavy atom. The van der Waals surface area contributed by atoms with Gasteiger partial charge in [0.2, 0.25) is 5.91 Å². The van der Waals surface area contributed by atoms with Crippen LogP contribution < -0.4 is 5.32 Å². The predicted octanol–water partition coefficient (Wildman–Crippen LogP) is 3.13. The average molecular weight is 384 g/mol. The van der Waals surface area contributed by atoms with Crippen LogP contribution in [0.4, 0.5) is 0 Å². The van der Waals surface area contributed by atoms with Gasteiger partial charge in [0.25, 0.3) is 0 Å². The number of nitrogens with zero attached hydrogens (tertiary/aromatic N) is 4. The van der Waals surface area contributed by atoms with E-state index in [-0.39, 0.29) is 11.8 Å². The Morgan fingerprint density at radius 3 is 2.44 bits per heavy atom. The zero-order valence-corrected chi connectivity index (χ0v) is 16.3. The van der Waals surface area contributed by atoms with Gasteiger partial charge in [-0.3, -0.25) is 9.69 Å². The first-order chi connectivity index (χ1) is 11.8. The first-order valence-corrected chi connectivity index (χ1v) is 8.83. The molecular formula is C17H23Cl2N5O. The monoisotopic (exact) mass is 383 g/mol. The summed E-state index contributed by atoms with van der Waals surface area (Å²) in [6.07, 6.45) is 1.68. The second-order valence-electron chi connectivity index (χ2n) is 6.40. The van der Waals surface area contributed by atoms with E-state index >= 15 is 0 Å². The first kappa shape index (κ1) is 19.7. The van der Waals surface area contributed by atoms with Crippen LogP contribution in [-0.4, -0.2) is 46.2 Å². The molecule has 1 atom stereocenters. The van der Waals surface area contributed by atoms with Crippen LogP contribution in [-0.2, 0) is 11.3 Å². The molecule has 0 saturated heterocycles. The molecule has 8 heteroatoms. The number of halogens is 2. The molecule has 0 bridgehead atoms. The van der Waals surface area contributed by atoms with Crippen LogP contribution in [0, 0.1) is 0 Å². The van der Waals surface area contributed by atoms with Crippen molar-refractivity contribution >= 4 is 29.1 Å². The van der Waals surface area contributed by atoms with Crippen LogP contribution in [0.5, 0.6) is 0 Å². The molecule has 0 aliphatic carbocycles. The number of aromatic nitrogens is 3. The summed E-state index contributed by atoms with van der Waals surface area (Å²) < 4.78 is 1.95. The van der Waals surface area contributed by atoms with E-state index in [1.807, 2.05) is 23.6 Å². The highest BCUT2D eigenvalue weighted by atomic mass is 35.5. The number of benzene rings is 1. The highest BCUT2D eigenvalue weighted by Crippen LogP contribution is 2.26. The molecule has 0 aliphatic heterocycles. The minimum absolute atomic E-state index is 0.109. The van der Waals surface area contributed by atoms with Crippen LogP contribution in [0.1, 0.15) is 37.2 Å². The number of likely N-dealkylation sites (N-methyl/N-ethyl adjacent to an activating group) is 1. The smallest absolute Gasteiger partial charge is 0.242 e. The molecule has 1 N–H and O–H groups in total. The Morgan fingerprint density at radius 1 is 1.24 bits per heavy atom. The Labute approximate surface area is 158 Å². The van der Waals surface area contributed by atoms with Crippen molar-refractivity contribution in [2.45, 2.75) is 32.4 Å². The van der Waals surface area contributed by atoms with E-state index in [1.165, 1.54) is 0 Å². The zero-order chi connectivity index (χ0) is 18.6. The summed E-state index contributed by atoms with van der Waals surface area (Å²) in [6, 6.07) is 4.70. The molecule has 136 valence electrons. The minimum atomic E-state index is -0.471. The third-order valence-electron chi connectivity index (χ3n) is 3.78. The summed E-state index contributed by atoms with van der Waals surface area (Å²) in [4.78, 5) is 14.5. The number of nitrogens with one attached hydrogen (secondary N) is 1. The van der Waals surface area contributed by atoms with E-state index in [0.717, 1.165) is 11.4 Å². The quantitative estimate of drug-likeness (QED) is 0.797. The molecule has 1 amide bonds. The maximum absolute atomic E-state index is 12.7. The largest absolute Gasteiger partial charge is 0.353 e. The Balaban J connectivity index is 2.04. The fraction of sp³-hybridized carbons (Fsp3) is 0.471. The van der Waals surface area contributed by atoms with Gasteiger partial charge < -0.3 is 9.88 Å². The molecule has 0 radical (unpaired) electrons. The lowest BCUT2D eigenvalue weighted by Gasteiger charge is -2.24. The molecule has 6 nitrogen and oxygen atoms in total. The van der Waals surface area contributed by atoms with Crippen molar-refractivity contribution in [3.63, 3.8) is 0 Å². The molecule has 0 saturated carbocycles. The second kappa shape index (κ2) is 8.65. The van der Waals surface area contributed by atoms with Crippen molar-refractivity contribution in [3.05, 3.63) is 46.0 Å². The van der Waals surface area contributed by atoms with Crippen molar-refractivity contribution in [3.8, 4) is 0 Å². The van der Waals surface area contributed by atoms with Gasteiger partial charge >= 0.3 is 0 Å². The lowest BCUT2D eigenvalue weighted by atomic mass is 10.1. The van der Waals surface area contributed by atoms with Gasteiger partial charge in [0, 0.05) is 29.1 Å². The van der Waals surface area contributed by atoms with Gasteiger partial charge in [0.05, 0.1) is 0 Å². The van der Waals surface area contributed by atoms with Crippen molar-refractivity contribution in [2.75, 3.05) is 20.6 Å². The second-order valence-corrected chi connectivity index (χ2v) is 7.27. The molecular weight excluding hydrogens is 361 g/mol. The Hall–Kier alpha value is -1.63. The Bertz CT molecular complexity index is 709. The van der Waals surface area contributed by atoms with Gasteiger partial charge in [-0.2, -0.15) is 0 Å². The Kier molecular flexibility index (Phi) is 6.81. The van der Waals surface area contributed by atoms with E-state index in [4.69, 9.17) is 23.2 Å². The van der Waals surface area contributed by atoms with E-state index in [0.29, 0.717) is 23.1 Å². The van der Waals surface area contributed by atoms with E-state index < -0.39 is 6.04 Å². The van der Waals surface area contributed by atoms with Crippen LogP contribution in [0.2, 0.25) is 10.0 Å². The fourth-order valence-corrected chi connectivity index (χ4v) is 3.24. The average Bonchev–Trinajstić information content (AvgIpc) is 2.94. The van der Waals surface area contributed by atoms with Crippen molar-refractivity contribution in [1.29, 1.82) is 0 Å². The summed E-state index contributed by atoms with van der Waals surface area (Å²) in [6.45, 7) is 5.21. The molecule has 25 heavy (non-hydrogen) atoms. The molecule has 2 rings (SSSR count). The number of hydrogen-bond acceptors (Lipinski definition) is 4. The lowest BCUT2D eigenvalue weighted by Crippen LogP contribution is -2.38. The lowest BCUT2D eigenvalue weighted by molar-refractivity contribution is -0.125. The van der Waals surface area contributed by atoms with Crippen LogP contribution >= 0.6 is 23.2 Å². The van der Waals surface area contributed by atoms with Crippen molar-refractivity contribution in [2.24, 2.45) is 0 Å². The number of rotatable bonds is 7. The highest BCUT2D eigenvalue weighted by molar-refractivity contribution is 6.34. The molecule has 1 heterocycles. The summed E-state index contributed by atoms with van der Waals surface area (Å²) in [5, 5.41) is 12.0. The maximum Gasteiger partial charge on any atom is 0.242 e. The van der Waals surface area contributed by atoms with Gasteiger partial charge in [-0.15, -0.1) is 10.2 Å². The van der Waals surface area contributed by atoms with Gasteiger partial charge in [-0.25, -0.2) is 0 Å². The number of carbonyl (C=O) groups is 1. The molecule has 0 aliphatic rings. The van der Waals surface area contributed by atoms with Crippen LogP contribution in [0.15, 0.2) is 24.5 Å². The van der Waals surface area contributed by atoms with Crippen molar-refractivity contribution < 1.29 is 4.79 Å². The summed E-state index contributed by atoms with van der Waals surface area (Å²) in [5.74, 6) is 1.07. The molecule has 1 aromatic heterocycles. The number of hydrogen-bond donors (Lipinski definition) is 1. The van der Waals surface area contributed by atoms with Gasteiger partial charge in [0.15, 0.2) is 0 Å². The van der Waals surface area contributed by atoms with Gasteiger partial charge in [-0.05, 0) is 37.9 Å². The van der Waals surface area contributed by atoms with Crippen LogP contribution in [0.25, 0.3) is 0 Å².